The zero-order valence-electron chi connectivity index (χ0n) is 20.3. The predicted molar refractivity (Wildman–Crippen MR) is 148 cm³/mol. The highest BCUT2D eigenvalue weighted by atomic mass is 32.2. The number of hydrogen-bond donors (Lipinski definition) is 1. The lowest BCUT2D eigenvalue weighted by Gasteiger charge is -2.15. The molecule has 2 heterocycles. The van der Waals surface area contributed by atoms with E-state index >= 15 is 0 Å². The van der Waals surface area contributed by atoms with Crippen molar-refractivity contribution in [1.82, 2.24) is 4.57 Å². The summed E-state index contributed by atoms with van der Waals surface area (Å²) in [4.78, 5) is 27.3. The summed E-state index contributed by atoms with van der Waals surface area (Å²) in [5.74, 6) is 0.208. The first-order valence-electron chi connectivity index (χ1n) is 12.0. The third kappa shape index (κ3) is 4.78. The van der Waals surface area contributed by atoms with Crippen LogP contribution in [0.25, 0.3) is 21.9 Å². The molecule has 6 nitrogen and oxygen atoms in total. The predicted octanol–water partition coefficient (Wildman–Crippen LogP) is 6.94. The molecule has 0 unspecified atom stereocenters. The Morgan fingerprint density at radius 3 is 2.26 bits per heavy atom. The first kappa shape index (κ1) is 24.5. The SMILES string of the molecule is O=c1oc2c(c(O)c1Sc1ccc(F)cc1)c(=O)n(Cc1ccccc1)c1cc(Oc3ccccc3)ccc21. The van der Waals surface area contributed by atoms with Gasteiger partial charge in [0.05, 0.1) is 12.1 Å². The Balaban J connectivity index is 1.58. The minimum Gasteiger partial charge on any atom is -0.505 e. The van der Waals surface area contributed by atoms with Crippen LogP contribution in [0.5, 0.6) is 17.2 Å². The van der Waals surface area contributed by atoms with Crippen LogP contribution in [-0.4, -0.2) is 9.67 Å². The molecule has 0 aliphatic heterocycles. The molecule has 0 saturated carbocycles. The van der Waals surface area contributed by atoms with E-state index in [-0.39, 0.29) is 22.4 Å². The first-order chi connectivity index (χ1) is 19.0. The minimum absolute atomic E-state index is 0.0171. The highest BCUT2D eigenvalue weighted by Gasteiger charge is 2.23. The fraction of sp³-hybridized carbons (Fsp3) is 0.0323. The highest BCUT2D eigenvalue weighted by Crippen LogP contribution is 2.38. The van der Waals surface area contributed by atoms with Crippen LogP contribution in [0.3, 0.4) is 0 Å². The van der Waals surface area contributed by atoms with E-state index < -0.39 is 22.8 Å². The van der Waals surface area contributed by atoms with Crippen LogP contribution in [0.2, 0.25) is 0 Å². The van der Waals surface area contributed by atoms with Crippen molar-refractivity contribution in [2.24, 2.45) is 0 Å². The number of para-hydroxylation sites is 1. The second-order valence-corrected chi connectivity index (χ2v) is 9.88. The van der Waals surface area contributed by atoms with E-state index in [9.17, 15) is 19.1 Å². The number of ether oxygens (including phenoxy) is 1. The number of aromatic nitrogens is 1. The van der Waals surface area contributed by atoms with Gasteiger partial charge in [-0.15, -0.1) is 0 Å². The minimum atomic E-state index is -0.805. The zero-order valence-corrected chi connectivity index (χ0v) is 21.2. The summed E-state index contributed by atoms with van der Waals surface area (Å²) in [6, 6.07) is 29.2. The molecule has 8 heteroatoms. The maximum Gasteiger partial charge on any atom is 0.354 e. The molecule has 4 aromatic carbocycles. The molecule has 6 aromatic rings. The van der Waals surface area contributed by atoms with E-state index in [0.717, 1.165) is 17.3 Å². The van der Waals surface area contributed by atoms with Crippen LogP contribution in [0, 0.1) is 5.82 Å². The number of aromatic hydroxyl groups is 1. The van der Waals surface area contributed by atoms with Crippen molar-refractivity contribution in [2.45, 2.75) is 16.3 Å². The van der Waals surface area contributed by atoms with Gasteiger partial charge in [0.15, 0.2) is 11.3 Å². The van der Waals surface area contributed by atoms with Gasteiger partial charge in [0.2, 0.25) is 0 Å². The number of rotatable bonds is 6. The molecule has 0 saturated heterocycles. The Morgan fingerprint density at radius 2 is 1.54 bits per heavy atom. The molecule has 0 bridgehead atoms. The normalized spacial score (nSPS) is 11.2. The summed E-state index contributed by atoms with van der Waals surface area (Å²) in [6.07, 6.45) is 0. The van der Waals surface area contributed by atoms with Crippen LogP contribution in [0.1, 0.15) is 5.56 Å². The smallest absolute Gasteiger partial charge is 0.354 e. The maximum atomic E-state index is 13.9. The largest absolute Gasteiger partial charge is 0.505 e. The summed E-state index contributed by atoms with van der Waals surface area (Å²) < 4.78 is 26.6. The second-order valence-electron chi connectivity index (χ2n) is 8.80. The molecule has 2 aromatic heterocycles. The molecule has 0 atom stereocenters. The van der Waals surface area contributed by atoms with Gasteiger partial charge in [-0.25, -0.2) is 9.18 Å². The molecule has 1 N–H and O–H groups in total. The van der Waals surface area contributed by atoms with Gasteiger partial charge in [-0.05, 0) is 54.1 Å². The number of halogens is 1. The van der Waals surface area contributed by atoms with E-state index in [0.29, 0.717) is 27.3 Å². The van der Waals surface area contributed by atoms with Crippen LogP contribution < -0.4 is 15.9 Å². The van der Waals surface area contributed by atoms with E-state index in [1.807, 2.05) is 60.7 Å². The van der Waals surface area contributed by atoms with Crippen LogP contribution >= 0.6 is 11.8 Å². The molecular weight excluding hydrogens is 517 g/mol. The standard InChI is InChI=1S/C31H20FNO5S/c32-20-11-14-23(15-12-20)39-29-27(34)26-28(38-31(29)36)24-16-13-22(37-21-9-5-2-6-10-21)17-25(24)33(30(26)35)18-19-7-3-1-4-8-19/h1-17,34H,18H2. The molecule has 39 heavy (non-hydrogen) atoms. The molecule has 0 aliphatic rings. The summed E-state index contributed by atoms with van der Waals surface area (Å²) in [7, 11) is 0. The van der Waals surface area contributed by atoms with Gasteiger partial charge in [0.25, 0.3) is 5.56 Å². The molecule has 0 radical (unpaired) electrons. The Labute approximate surface area is 225 Å². The molecule has 6 rings (SSSR count). The molecule has 0 fully saturated rings. The van der Waals surface area contributed by atoms with Crippen molar-refractivity contribution in [1.29, 1.82) is 0 Å². The second kappa shape index (κ2) is 10.2. The van der Waals surface area contributed by atoms with Gasteiger partial charge in [0.1, 0.15) is 27.6 Å². The van der Waals surface area contributed by atoms with Crippen molar-refractivity contribution in [2.75, 3.05) is 0 Å². The number of benzene rings is 4. The summed E-state index contributed by atoms with van der Waals surface area (Å²) in [5, 5.41) is 11.6. The summed E-state index contributed by atoms with van der Waals surface area (Å²) >= 11 is 0.901. The van der Waals surface area contributed by atoms with Gasteiger partial charge in [-0.3, -0.25) is 4.79 Å². The van der Waals surface area contributed by atoms with Crippen LogP contribution in [-0.2, 0) is 6.54 Å². The summed E-state index contributed by atoms with van der Waals surface area (Å²) in [6.45, 7) is 0.208. The molecule has 0 amide bonds. The van der Waals surface area contributed by atoms with Crippen LogP contribution in [0.15, 0.2) is 127 Å². The zero-order chi connectivity index (χ0) is 26.9. The van der Waals surface area contributed by atoms with Crippen molar-refractivity contribution < 1.29 is 18.7 Å². The lowest BCUT2D eigenvalue weighted by Crippen LogP contribution is -2.23. The fourth-order valence-corrected chi connectivity index (χ4v) is 5.22. The van der Waals surface area contributed by atoms with E-state index in [1.165, 1.54) is 28.8 Å². The van der Waals surface area contributed by atoms with E-state index in [2.05, 4.69) is 0 Å². The number of pyridine rings is 1. The number of nitrogens with zero attached hydrogens (tertiary/aromatic N) is 1. The average molecular weight is 538 g/mol. The number of hydrogen-bond acceptors (Lipinski definition) is 6. The topological polar surface area (TPSA) is 81.7 Å². The van der Waals surface area contributed by atoms with Gasteiger partial charge in [-0.1, -0.05) is 60.3 Å². The Morgan fingerprint density at radius 1 is 0.846 bits per heavy atom. The van der Waals surface area contributed by atoms with Gasteiger partial charge in [0, 0.05) is 16.3 Å². The summed E-state index contributed by atoms with van der Waals surface area (Å²) in [5.41, 5.74) is -0.00363. The highest BCUT2D eigenvalue weighted by molar-refractivity contribution is 7.99. The van der Waals surface area contributed by atoms with Crippen molar-refractivity contribution in [3.63, 3.8) is 0 Å². The molecule has 192 valence electrons. The van der Waals surface area contributed by atoms with Crippen molar-refractivity contribution in [3.05, 3.63) is 135 Å². The van der Waals surface area contributed by atoms with E-state index in [4.69, 9.17) is 9.15 Å². The Bertz CT molecular complexity index is 1940. The van der Waals surface area contributed by atoms with Crippen molar-refractivity contribution >= 4 is 33.6 Å². The van der Waals surface area contributed by atoms with Crippen LogP contribution in [0.4, 0.5) is 4.39 Å². The lowest BCUT2D eigenvalue weighted by atomic mass is 10.1. The maximum absolute atomic E-state index is 13.9. The van der Waals surface area contributed by atoms with Gasteiger partial charge < -0.3 is 18.8 Å². The number of fused-ring (bicyclic) bond motifs is 3. The van der Waals surface area contributed by atoms with E-state index in [1.54, 1.807) is 18.2 Å². The molecule has 0 aliphatic carbocycles. The molecular formula is C31H20FNO5S. The third-order valence-electron chi connectivity index (χ3n) is 6.22. The Kier molecular flexibility index (Phi) is 6.38. The van der Waals surface area contributed by atoms with Crippen molar-refractivity contribution in [3.8, 4) is 17.2 Å². The average Bonchev–Trinajstić information content (AvgIpc) is 2.95. The monoisotopic (exact) mass is 537 g/mol. The van der Waals surface area contributed by atoms with Gasteiger partial charge >= 0.3 is 5.63 Å². The first-order valence-corrected chi connectivity index (χ1v) is 12.9. The quantitative estimate of drug-likeness (QED) is 0.232. The molecule has 0 spiro atoms. The Hall–Kier alpha value is -4.82. The van der Waals surface area contributed by atoms with Gasteiger partial charge in [-0.2, -0.15) is 0 Å². The lowest BCUT2D eigenvalue weighted by molar-refractivity contribution is 0.446. The third-order valence-corrected chi connectivity index (χ3v) is 7.29. The fourth-order valence-electron chi connectivity index (χ4n) is 4.39.